The second kappa shape index (κ2) is 5.30. The first kappa shape index (κ1) is 12.2. The molecular weight excluding hydrogens is 204 g/mol. The van der Waals surface area contributed by atoms with E-state index in [9.17, 15) is 10.1 Å². The lowest BCUT2D eigenvalue weighted by Gasteiger charge is -2.05. The molecule has 0 amide bonds. The summed E-state index contributed by atoms with van der Waals surface area (Å²) in [5, 5.41) is 13.8. The molecule has 0 heterocycles. The standard InChI is InChI=1S/C12H16N2O2/c1-9(2)6-7-13-11-4-5-12(14(15)16)10(3)8-11/h4-6,8,13H,7H2,1-3H3. The molecule has 0 spiro atoms. The molecule has 0 fully saturated rings. The van der Waals surface area contributed by atoms with E-state index in [2.05, 4.69) is 11.4 Å². The van der Waals surface area contributed by atoms with E-state index in [0.29, 0.717) is 5.56 Å². The van der Waals surface area contributed by atoms with E-state index < -0.39 is 0 Å². The molecule has 4 nitrogen and oxygen atoms in total. The van der Waals surface area contributed by atoms with Crippen LogP contribution in [0.2, 0.25) is 0 Å². The van der Waals surface area contributed by atoms with E-state index in [1.807, 2.05) is 13.8 Å². The number of allylic oxidation sites excluding steroid dienone is 1. The van der Waals surface area contributed by atoms with Gasteiger partial charge in [0.2, 0.25) is 0 Å². The summed E-state index contributed by atoms with van der Waals surface area (Å²) in [7, 11) is 0. The predicted molar refractivity (Wildman–Crippen MR) is 65.8 cm³/mol. The van der Waals surface area contributed by atoms with Gasteiger partial charge < -0.3 is 5.32 Å². The normalized spacial score (nSPS) is 9.69. The van der Waals surface area contributed by atoms with E-state index in [1.165, 1.54) is 11.6 Å². The topological polar surface area (TPSA) is 55.2 Å². The van der Waals surface area contributed by atoms with Gasteiger partial charge in [-0.15, -0.1) is 0 Å². The van der Waals surface area contributed by atoms with Crippen molar-refractivity contribution in [3.8, 4) is 0 Å². The first-order valence-corrected chi connectivity index (χ1v) is 5.13. The summed E-state index contributed by atoms with van der Waals surface area (Å²) in [6, 6.07) is 5.04. The van der Waals surface area contributed by atoms with E-state index >= 15 is 0 Å². The molecule has 0 atom stereocenters. The van der Waals surface area contributed by atoms with Crippen LogP contribution in [-0.2, 0) is 0 Å². The van der Waals surface area contributed by atoms with Crippen molar-refractivity contribution in [3.63, 3.8) is 0 Å². The molecule has 4 heteroatoms. The molecular formula is C12H16N2O2. The Morgan fingerprint density at radius 1 is 1.50 bits per heavy atom. The highest BCUT2D eigenvalue weighted by Gasteiger charge is 2.09. The summed E-state index contributed by atoms with van der Waals surface area (Å²) in [6.07, 6.45) is 2.07. The fraction of sp³-hybridized carbons (Fsp3) is 0.333. The van der Waals surface area contributed by atoms with Gasteiger partial charge in [-0.25, -0.2) is 0 Å². The van der Waals surface area contributed by atoms with Gasteiger partial charge in [-0.3, -0.25) is 10.1 Å². The Balaban J connectivity index is 2.74. The summed E-state index contributed by atoms with van der Waals surface area (Å²) in [5.41, 5.74) is 2.98. The molecule has 0 aliphatic carbocycles. The zero-order valence-corrected chi connectivity index (χ0v) is 9.78. The van der Waals surface area contributed by atoms with Gasteiger partial charge in [0.25, 0.3) is 5.69 Å². The number of aryl methyl sites for hydroxylation is 1. The number of nitro groups is 1. The van der Waals surface area contributed by atoms with Gasteiger partial charge in [0.15, 0.2) is 0 Å². The Bertz CT molecular complexity index is 421. The third kappa shape index (κ3) is 3.38. The van der Waals surface area contributed by atoms with Crippen molar-refractivity contribution >= 4 is 11.4 Å². The first-order chi connectivity index (χ1) is 7.50. The van der Waals surface area contributed by atoms with Crippen molar-refractivity contribution in [1.29, 1.82) is 0 Å². The van der Waals surface area contributed by atoms with E-state index in [4.69, 9.17) is 0 Å². The Labute approximate surface area is 95.1 Å². The Morgan fingerprint density at radius 3 is 2.69 bits per heavy atom. The van der Waals surface area contributed by atoms with Crippen LogP contribution in [0.25, 0.3) is 0 Å². The number of benzene rings is 1. The molecule has 1 rings (SSSR count). The van der Waals surface area contributed by atoms with E-state index in [0.717, 1.165) is 12.2 Å². The number of hydrogen-bond acceptors (Lipinski definition) is 3. The molecule has 16 heavy (non-hydrogen) atoms. The number of nitrogens with zero attached hydrogens (tertiary/aromatic N) is 1. The highest BCUT2D eigenvalue weighted by molar-refractivity contribution is 5.53. The molecule has 0 bridgehead atoms. The van der Waals surface area contributed by atoms with Crippen LogP contribution in [0.4, 0.5) is 11.4 Å². The molecule has 86 valence electrons. The average molecular weight is 220 g/mol. The van der Waals surface area contributed by atoms with Crippen LogP contribution in [0.3, 0.4) is 0 Å². The van der Waals surface area contributed by atoms with Crippen LogP contribution in [0, 0.1) is 17.0 Å². The summed E-state index contributed by atoms with van der Waals surface area (Å²) < 4.78 is 0. The minimum absolute atomic E-state index is 0.160. The molecule has 0 aromatic heterocycles. The summed E-state index contributed by atoms with van der Waals surface area (Å²) >= 11 is 0. The maximum atomic E-state index is 10.6. The van der Waals surface area contributed by atoms with Crippen molar-refractivity contribution in [2.45, 2.75) is 20.8 Å². The van der Waals surface area contributed by atoms with Crippen LogP contribution in [0.5, 0.6) is 0 Å². The van der Waals surface area contributed by atoms with Crippen molar-refractivity contribution in [1.82, 2.24) is 0 Å². The lowest BCUT2D eigenvalue weighted by Crippen LogP contribution is -2.00. The first-order valence-electron chi connectivity index (χ1n) is 5.13. The van der Waals surface area contributed by atoms with Crippen LogP contribution in [-0.4, -0.2) is 11.5 Å². The molecule has 0 aliphatic heterocycles. The molecule has 0 radical (unpaired) electrons. The minimum atomic E-state index is -0.366. The third-order valence-electron chi connectivity index (χ3n) is 2.21. The molecule has 0 saturated carbocycles. The number of rotatable bonds is 4. The van der Waals surface area contributed by atoms with Crippen molar-refractivity contribution < 1.29 is 4.92 Å². The fourth-order valence-electron chi connectivity index (χ4n) is 1.34. The van der Waals surface area contributed by atoms with Gasteiger partial charge in [-0.2, -0.15) is 0 Å². The minimum Gasteiger partial charge on any atom is -0.382 e. The number of nitro benzene ring substituents is 1. The summed E-state index contributed by atoms with van der Waals surface area (Å²) in [6.45, 7) is 6.54. The van der Waals surface area contributed by atoms with Crippen LogP contribution >= 0.6 is 0 Å². The quantitative estimate of drug-likeness (QED) is 0.481. The van der Waals surface area contributed by atoms with Crippen LogP contribution < -0.4 is 5.32 Å². The van der Waals surface area contributed by atoms with E-state index in [1.54, 1.807) is 19.1 Å². The summed E-state index contributed by atoms with van der Waals surface area (Å²) in [4.78, 5) is 10.2. The number of nitrogens with one attached hydrogen (secondary N) is 1. The van der Waals surface area contributed by atoms with Gasteiger partial charge in [-0.1, -0.05) is 11.6 Å². The highest BCUT2D eigenvalue weighted by Crippen LogP contribution is 2.21. The maximum Gasteiger partial charge on any atom is 0.272 e. The molecule has 0 unspecified atom stereocenters. The van der Waals surface area contributed by atoms with Crippen LogP contribution in [0.15, 0.2) is 29.8 Å². The zero-order valence-electron chi connectivity index (χ0n) is 9.78. The Morgan fingerprint density at radius 2 is 2.19 bits per heavy atom. The second-order valence-corrected chi connectivity index (χ2v) is 3.92. The van der Waals surface area contributed by atoms with Gasteiger partial charge >= 0.3 is 0 Å². The molecule has 0 saturated heterocycles. The van der Waals surface area contributed by atoms with Crippen molar-refractivity contribution in [2.75, 3.05) is 11.9 Å². The van der Waals surface area contributed by atoms with Crippen molar-refractivity contribution in [3.05, 3.63) is 45.5 Å². The van der Waals surface area contributed by atoms with Gasteiger partial charge in [0.05, 0.1) is 4.92 Å². The van der Waals surface area contributed by atoms with E-state index in [-0.39, 0.29) is 10.6 Å². The smallest absolute Gasteiger partial charge is 0.272 e. The Kier molecular flexibility index (Phi) is 4.05. The molecule has 1 N–H and O–H groups in total. The Hall–Kier alpha value is -1.84. The SMILES string of the molecule is CC(C)=CCNc1ccc([N+](=O)[O-])c(C)c1. The van der Waals surface area contributed by atoms with Crippen LogP contribution in [0.1, 0.15) is 19.4 Å². The summed E-state index contributed by atoms with van der Waals surface area (Å²) in [5.74, 6) is 0. The zero-order chi connectivity index (χ0) is 12.1. The number of hydrogen-bond donors (Lipinski definition) is 1. The lowest BCUT2D eigenvalue weighted by molar-refractivity contribution is -0.385. The fourth-order valence-corrected chi connectivity index (χ4v) is 1.34. The van der Waals surface area contributed by atoms with Crippen molar-refractivity contribution in [2.24, 2.45) is 0 Å². The highest BCUT2D eigenvalue weighted by atomic mass is 16.6. The van der Waals surface area contributed by atoms with Gasteiger partial charge in [0.1, 0.15) is 0 Å². The molecule has 0 aliphatic rings. The monoisotopic (exact) mass is 220 g/mol. The average Bonchev–Trinajstić information content (AvgIpc) is 2.16. The number of anilines is 1. The second-order valence-electron chi connectivity index (χ2n) is 3.92. The third-order valence-corrected chi connectivity index (χ3v) is 2.21. The molecule has 1 aromatic rings. The van der Waals surface area contributed by atoms with Gasteiger partial charge in [-0.05, 0) is 32.9 Å². The van der Waals surface area contributed by atoms with Gasteiger partial charge in [0, 0.05) is 23.9 Å². The molecule has 1 aromatic carbocycles. The largest absolute Gasteiger partial charge is 0.382 e. The predicted octanol–water partition coefficient (Wildman–Crippen LogP) is 3.28. The lowest BCUT2D eigenvalue weighted by atomic mass is 10.2. The maximum absolute atomic E-state index is 10.6.